The lowest BCUT2D eigenvalue weighted by Crippen LogP contribution is -2.52. The first-order valence-corrected chi connectivity index (χ1v) is 14.2. The zero-order valence-electron chi connectivity index (χ0n) is 23.0. The van der Waals surface area contributed by atoms with Crippen LogP contribution < -0.4 is 11.2 Å². The summed E-state index contributed by atoms with van der Waals surface area (Å²) < 4.78 is 20.1. The third kappa shape index (κ3) is 4.93. The van der Waals surface area contributed by atoms with E-state index >= 15 is 0 Å². The summed E-state index contributed by atoms with van der Waals surface area (Å²) in [6.07, 6.45) is 4.59. The first-order valence-electron chi connectivity index (χ1n) is 13.4. The quantitative estimate of drug-likeness (QED) is 0.313. The zero-order valence-corrected chi connectivity index (χ0v) is 23.8. The van der Waals surface area contributed by atoms with E-state index in [4.69, 9.17) is 13.9 Å². The van der Waals surface area contributed by atoms with Gasteiger partial charge in [-0.3, -0.25) is 9.36 Å². The topological polar surface area (TPSA) is 126 Å². The van der Waals surface area contributed by atoms with Crippen LogP contribution in [-0.4, -0.2) is 44.5 Å². The lowest BCUT2D eigenvalue weighted by Gasteiger charge is -2.30. The van der Waals surface area contributed by atoms with E-state index in [1.54, 1.807) is 6.92 Å². The number of rotatable bonds is 9. The number of aromatic nitrogens is 3. The molecule has 0 radical (unpaired) electrons. The molecule has 0 bridgehead atoms. The molecule has 1 aliphatic rings. The van der Waals surface area contributed by atoms with Gasteiger partial charge in [-0.2, -0.15) is 0 Å². The molecule has 1 aromatic carbocycles. The van der Waals surface area contributed by atoms with Crippen LogP contribution in [0, 0.1) is 6.92 Å². The molecule has 40 heavy (non-hydrogen) atoms. The van der Waals surface area contributed by atoms with Gasteiger partial charge in [0.25, 0.3) is 5.56 Å². The molecule has 3 aromatic heterocycles. The second-order valence-corrected chi connectivity index (χ2v) is 11.5. The maximum Gasteiger partial charge on any atom is 0.333 e. The van der Waals surface area contributed by atoms with Gasteiger partial charge < -0.3 is 19.0 Å². The summed E-state index contributed by atoms with van der Waals surface area (Å²) in [7, 11) is 0. The highest BCUT2D eigenvalue weighted by atomic mass is 32.1. The van der Waals surface area contributed by atoms with Crippen molar-refractivity contribution in [1.82, 2.24) is 14.1 Å². The van der Waals surface area contributed by atoms with Crippen LogP contribution in [0.25, 0.3) is 21.0 Å². The maximum absolute atomic E-state index is 14.1. The Morgan fingerprint density at radius 2 is 1.98 bits per heavy atom. The molecular formula is C29H33N3O7S. The normalized spacial score (nSPS) is 15.5. The molecule has 0 spiro atoms. The van der Waals surface area contributed by atoms with Gasteiger partial charge >= 0.3 is 11.7 Å². The van der Waals surface area contributed by atoms with E-state index in [0.717, 1.165) is 35.0 Å². The number of nitrogens with zero attached hydrogens (tertiary/aromatic N) is 3. The average molecular weight is 568 g/mol. The molecule has 11 heteroatoms. The van der Waals surface area contributed by atoms with Crippen molar-refractivity contribution in [1.29, 1.82) is 0 Å². The Bertz CT molecular complexity index is 1640. The largest absolute Gasteiger partial charge is 0.480 e. The van der Waals surface area contributed by atoms with E-state index in [0.29, 0.717) is 34.4 Å². The molecule has 0 aliphatic carbocycles. The van der Waals surface area contributed by atoms with Crippen molar-refractivity contribution in [2.75, 3.05) is 13.2 Å². The highest BCUT2D eigenvalue weighted by Gasteiger charge is 2.36. The van der Waals surface area contributed by atoms with E-state index in [1.165, 1.54) is 42.2 Å². The van der Waals surface area contributed by atoms with Gasteiger partial charge in [-0.1, -0.05) is 31.2 Å². The van der Waals surface area contributed by atoms with Crippen molar-refractivity contribution >= 4 is 27.5 Å². The van der Waals surface area contributed by atoms with Crippen molar-refractivity contribution in [2.45, 2.75) is 71.2 Å². The van der Waals surface area contributed by atoms with Crippen LogP contribution in [0.5, 0.6) is 0 Å². The molecule has 10 nitrogen and oxygen atoms in total. The highest BCUT2D eigenvalue weighted by molar-refractivity contribution is 7.22. The third-order valence-electron chi connectivity index (χ3n) is 7.58. The van der Waals surface area contributed by atoms with Gasteiger partial charge in [-0.05, 0) is 56.7 Å². The molecule has 4 aromatic rings. The lowest BCUT2D eigenvalue weighted by molar-refractivity contribution is -0.146. The Labute approximate surface area is 234 Å². The minimum atomic E-state index is -1.79. The number of benzene rings is 1. The molecule has 212 valence electrons. The van der Waals surface area contributed by atoms with Crippen LogP contribution in [0.3, 0.4) is 0 Å². The summed E-state index contributed by atoms with van der Waals surface area (Å²) >= 11 is 1.23. The fourth-order valence-electron chi connectivity index (χ4n) is 5.23. The standard InChI is InChI=1S/C29H33N3O7S/c1-5-18-8-6-7-9-20(18)21(39-19-10-13-37-14-11-19)16-31-26-22(17(2)23(40-26)24-30-12-15-38-24)25(33)32(28(31)36)29(3,4)27(34)35/h6-9,12,15,19,21H,5,10-11,13-14,16H2,1-4H3,(H,34,35). The Morgan fingerprint density at radius 1 is 1.25 bits per heavy atom. The molecule has 1 atom stereocenters. The number of oxazole rings is 1. The second kappa shape index (κ2) is 11.1. The number of aliphatic carboxylic acids is 1. The summed E-state index contributed by atoms with van der Waals surface area (Å²) in [5.41, 5.74) is -0.545. The zero-order chi connectivity index (χ0) is 28.6. The second-order valence-electron chi connectivity index (χ2n) is 10.5. The first kappa shape index (κ1) is 28.0. The number of thiophene rings is 1. The van der Waals surface area contributed by atoms with Gasteiger partial charge in [0.2, 0.25) is 5.89 Å². The Hall–Kier alpha value is -3.54. The number of aryl methyl sites for hydroxylation is 2. The summed E-state index contributed by atoms with van der Waals surface area (Å²) in [5.74, 6) is -0.961. The highest BCUT2D eigenvalue weighted by Crippen LogP contribution is 2.37. The van der Waals surface area contributed by atoms with Crippen molar-refractivity contribution in [2.24, 2.45) is 0 Å². The summed E-state index contributed by atoms with van der Waals surface area (Å²) in [4.78, 5) is 45.5. The van der Waals surface area contributed by atoms with Gasteiger partial charge in [0.1, 0.15) is 22.7 Å². The molecular weight excluding hydrogens is 534 g/mol. The predicted molar refractivity (Wildman–Crippen MR) is 151 cm³/mol. The van der Waals surface area contributed by atoms with Gasteiger partial charge in [0.05, 0.1) is 29.1 Å². The number of carboxylic acid groups (broad SMARTS) is 1. The van der Waals surface area contributed by atoms with Gasteiger partial charge in [0, 0.05) is 13.2 Å². The molecule has 1 fully saturated rings. The van der Waals surface area contributed by atoms with Crippen LogP contribution in [0.4, 0.5) is 0 Å². The number of carbonyl (C=O) groups is 1. The van der Waals surface area contributed by atoms with E-state index in [1.807, 2.05) is 24.3 Å². The molecule has 1 N–H and O–H groups in total. The Balaban J connectivity index is 1.76. The molecule has 0 amide bonds. The van der Waals surface area contributed by atoms with Gasteiger partial charge in [-0.15, -0.1) is 11.3 Å². The van der Waals surface area contributed by atoms with Crippen LogP contribution in [-0.2, 0) is 32.8 Å². The molecule has 0 saturated carbocycles. The van der Waals surface area contributed by atoms with Crippen molar-refractivity contribution in [3.8, 4) is 10.8 Å². The van der Waals surface area contributed by atoms with Crippen molar-refractivity contribution in [3.05, 3.63) is 74.3 Å². The fraction of sp³-hybridized carbons (Fsp3) is 0.448. The molecule has 4 heterocycles. The minimum absolute atomic E-state index is 0.0656. The number of ether oxygens (including phenoxy) is 2. The van der Waals surface area contributed by atoms with E-state index in [9.17, 15) is 19.5 Å². The molecule has 1 aliphatic heterocycles. The maximum atomic E-state index is 14.1. The number of hydrogen-bond donors (Lipinski definition) is 1. The smallest absolute Gasteiger partial charge is 0.333 e. The fourth-order valence-corrected chi connectivity index (χ4v) is 6.47. The number of hydrogen-bond acceptors (Lipinski definition) is 8. The number of carboxylic acids is 1. The Kier molecular flexibility index (Phi) is 7.80. The molecule has 5 rings (SSSR count). The van der Waals surface area contributed by atoms with Gasteiger partial charge in [0.15, 0.2) is 0 Å². The monoisotopic (exact) mass is 567 g/mol. The predicted octanol–water partition coefficient (Wildman–Crippen LogP) is 4.51. The van der Waals surface area contributed by atoms with Gasteiger partial charge in [-0.25, -0.2) is 19.1 Å². The van der Waals surface area contributed by atoms with Crippen LogP contribution in [0.15, 0.2) is 50.7 Å². The van der Waals surface area contributed by atoms with Crippen molar-refractivity contribution in [3.63, 3.8) is 0 Å². The summed E-state index contributed by atoms with van der Waals surface area (Å²) in [5, 5.41) is 10.3. The van der Waals surface area contributed by atoms with Crippen LogP contribution in [0.1, 0.15) is 56.4 Å². The lowest BCUT2D eigenvalue weighted by atomic mass is 9.99. The van der Waals surface area contributed by atoms with Crippen LogP contribution >= 0.6 is 11.3 Å². The van der Waals surface area contributed by atoms with E-state index in [2.05, 4.69) is 11.9 Å². The average Bonchev–Trinajstić information content (AvgIpc) is 3.59. The molecule has 1 unspecified atom stereocenters. The first-order chi connectivity index (χ1) is 19.1. The van der Waals surface area contributed by atoms with E-state index in [-0.39, 0.29) is 18.0 Å². The minimum Gasteiger partial charge on any atom is -0.480 e. The van der Waals surface area contributed by atoms with E-state index < -0.39 is 28.9 Å². The summed E-state index contributed by atoms with van der Waals surface area (Å²) in [6, 6.07) is 7.95. The third-order valence-corrected chi connectivity index (χ3v) is 8.88. The Morgan fingerprint density at radius 3 is 2.62 bits per heavy atom. The van der Waals surface area contributed by atoms with Crippen LogP contribution in [0.2, 0.25) is 0 Å². The summed E-state index contributed by atoms with van der Waals surface area (Å²) in [6.45, 7) is 7.81. The van der Waals surface area contributed by atoms with Crippen molar-refractivity contribution < 1.29 is 23.8 Å². The molecule has 1 saturated heterocycles. The number of fused-ring (bicyclic) bond motifs is 1. The SMILES string of the molecule is CCc1ccccc1C(Cn1c(=O)n(C(C)(C)C(=O)O)c(=O)c2c(C)c(-c3ncco3)sc21)OC1CCOCC1.